The van der Waals surface area contributed by atoms with Crippen LogP contribution in [-0.2, 0) is 0 Å². The summed E-state index contributed by atoms with van der Waals surface area (Å²) in [5, 5.41) is 7.45. The van der Waals surface area contributed by atoms with Gasteiger partial charge in [0.2, 0.25) is 5.95 Å². The highest BCUT2D eigenvalue weighted by molar-refractivity contribution is 6.67. The van der Waals surface area contributed by atoms with Gasteiger partial charge in [-0.1, -0.05) is 0 Å². The molecule has 0 amide bonds. The number of aromatic nitrogens is 1. The minimum absolute atomic E-state index is 0.201. The van der Waals surface area contributed by atoms with E-state index < -0.39 is 11.2 Å². The molecule has 0 fully saturated rings. The Kier molecular flexibility index (Phi) is 2.36. The normalized spacial score (nSPS) is 9.08. The lowest BCUT2D eigenvalue weighted by Gasteiger charge is -1.93. The Morgan fingerprint density at radius 2 is 2.33 bits per heavy atom. The van der Waals surface area contributed by atoms with Crippen LogP contribution in [-0.4, -0.2) is 10.2 Å². The zero-order valence-corrected chi connectivity index (χ0v) is 6.47. The zero-order valence-electron chi connectivity index (χ0n) is 5.71. The fourth-order valence-electron chi connectivity index (χ4n) is 0.627. The van der Waals surface area contributed by atoms with E-state index in [9.17, 15) is 9.18 Å². The molecule has 5 heteroatoms. The van der Waals surface area contributed by atoms with Gasteiger partial charge in [-0.2, -0.15) is 9.65 Å². The van der Waals surface area contributed by atoms with Crippen LogP contribution >= 0.6 is 11.6 Å². The number of carbonyl (C=O) groups excluding carboxylic acids is 1. The number of carbonyl (C=O) groups is 1. The summed E-state index contributed by atoms with van der Waals surface area (Å²) >= 11 is 5.02. The number of rotatable bonds is 1. The van der Waals surface area contributed by atoms with E-state index in [0.717, 1.165) is 6.07 Å². The third-order valence-electron chi connectivity index (χ3n) is 1.17. The maximum absolute atomic E-state index is 12.7. The summed E-state index contributed by atoms with van der Waals surface area (Å²) in [6, 6.07) is 3.91. The van der Waals surface area contributed by atoms with E-state index in [2.05, 4.69) is 4.98 Å². The number of halogens is 2. The lowest BCUT2D eigenvalue weighted by atomic mass is 10.3. The van der Waals surface area contributed by atoms with Gasteiger partial charge in [-0.3, -0.25) is 4.79 Å². The van der Waals surface area contributed by atoms with E-state index in [4.69, 9.17) is 16.9 Å². The second kappa shape index (κ2) is 3.28. The SMILES string of the molecule is N#Cc1ccc(C(=O)Cl)nc1F. The van der Waals surface area contributed by atoms with Crippen molar-refractivity contribution < 1.29 is 9.18 Å². The Morgan fingerprint density at radius 3 is 2.75 bits per heavy atom. The first-order valence-electron chi connectivity index (χ1n) is 2.91. The van der Waals surface area contributed by atoms with E-state index in [0.29, 0.717) is 0 Å². The van der Waals surface area contributed by atoms with Crippen molar-refractivity contribution in [1.29, 1.82) is 5.26 Å². The summed E-state index contributed by atoms with van der Waals surface area (Å²) in [6.07, 6.45) is 0. The minimum Gasteiger partial charge on any atom is -0.274 e. The molecule has 0 aromatic carbocycles. The van der Waals surface area contributed by atoms with Crippen molar-refractivity contribution in [1.82, 2.24) is 4.98 Å². The van der Waals surface area contributed by atoms with Crippen molar-refractivity contribution in [3.63, 3.8) is 0 Å². The fraction of sp³-hybridized carbons (Fsp3) is 0. The third kappa shape index (κ3) is 1.57. The number of pyridine rings is 1. The number of nitrogens with zero attached hydrogens (tertiary/aromatic N) is 2. The molecule has 0 radical (unpaired) electrons. The Labute approximate surface area is 72.4 Å². The molecule has 0 aliphatic carbocycles. The first-order chi connectivity index (χ1) is 5.65. The highest BCUT2D eigenvalue weighted by Crippen LogP contribution is 2.06. The summed E-state index contributed by atoms with van der Waals surface area (Å²) < 4.78 is 12.7. The van der Waals surface area contributed by atoms with Crippen molar-refractivity contribution in [3.8, 4) is 6.07 Å². The summed E-state index contributed by atoms with van der Waals surface area (Å²) in [5.74, 6) is -0.982. The molecule has 1 aromatic rings. The number of nitriles is 1. The molecule has 3 nitrogen and oxygen atoms in total. The standard InChI is InChI=1S/C7H2ClFN2O/c8-6(12)5-2-1-4(3-10)7(9)11-5/h1-2H. The Balaban J connectivity index is 3.21. The quantitative estimate of drug-likeness (QED) is 0.491. The summed E-state index contributed by atoms with van der Waals surface area (Å²) in [6.45, 7) is 0. The van der Waals surface area contributed by atoms with Gasteiger partial charge in [-0.05, 0) is 23.7 Å². The molecule has 60 valence electrons. The average Bonchev–Trinajstić information content (AvgIpc) is 2.04. The van der Waals surface area contributed by atoms with Crippen LogP contribution in [0.1, 0.15) is 16.1 Å². The topological polar surface area (TPSA) is 53.8 Å². The van der Waals surface area contributed by atoms with Gasteiger partial charge in [-0.15, -0.1) is 0 Å². The summed E-state index contributed by atoms with van der Waals surface area (Å²) in [5.41, 5.74) is -0.412. The van der Waals surface area contributed by atoms with Crippen molar-refractivity contribution >= 4 is 16.8 Å². The smallest absolute Gasteiger partial charge is 0.270 e. The van der Waals surface area contributed by atoms with E-state index in [1.807, 2.05) is 0 Å². The molecule has 0 saturated heterocycles. The van der Waals surface area contributed by atoms with E-state index in [-0.39, 0.29) is 11.3 Å². The number of hydrogen-bond acceptors (Lipinski definition) is 3. The highest BCUT2D eigenvalue weighted by atomic mass is 35.5. The fourth-order valence-corrected chi connectivity index (χ4v) is 0.732. The molecule has 1 heterocycles. The van der Waals surface area contributed by atoms with Crippen molar-refractivity contribution in [3.05, 3.63) is 29.3 Å². The third-order valence-corrected chi connectivity index (χ3v) is 1.36. The van der Waals surface area contributed by atoms with Crippen LogP contribution in [0.25, 0.3) is 0 Å². The van der Waals surface area contributed by atoms with Crippen molar-refractivity contribution in [2.75, 3.05) is 0 Å². The molecule has 0 bridgehead atoms. The van der Waals surface area contributed by atoms with E-state index in [1.165, 1.54) is 6.07 Å². The van der Waals surface area contributed by atoms with Crippen LogP contribution in [0.5, 0.6) is 0 Å². The van der Waals surface area contributed by atoms with E-state index in [1.54, 1.807) is 6.07 Å². The van der Waals surface area contributed by atoms with Gasteiger partial charge in [0, 0.05) is 0 Å². The van der Waals surface area contributed by atoms with Crippen LogP contribution < -0.4 is 0 Å². The minimum atomic E-state index is -0.982. The van der Waals surface area contributed by atoms with Crippen LogP contribution in [0.4, 0.5) is 4.39 Å². The summed E-state index contributed by atoms with van der Waals surface area (Å²) in [7, 11) is 0. The molecule has 0 unspecified atom stereocenters. The second-order valence-electron chi connectivity index (χ2n) is 1.92. The molecule has 0 atom stereocenters. The molecule has 0 aliphatic rings. The monoisotopic (exact) mass is 184 g/mol. The molecule has 1 aromatic heterocycles. The first kappa shape index (κ1) is 8.62. The average molecular weight is 185 g/mol. The van der Waals surface area contributed by atoms with E-state index >= 15 is 0 Å². The van der Waals surface area contributed by atoms with Crippen LogP contribution in [0.3, 0.4) is 0 Å². The molecule has 0 aliphatic heterocycles. The Hall–Kier alpha value is -1.47. The molecule has 0 saturated carbocycles. The molecule has 1 rings (SSSR count). The van der Waals surface area contributed by atoms with Crippen LogP contribution in [0, 0.1) is 17.3 Å². The van der Waals surface area contributed by atoms with Gasteiger partial charge in [0.05, 0.1) is 0 Å². The Bertz CT molecular complexity index is 372. The largest absolute Gasteiger partial charge is 0.274 e. The predicted octanol–water partition coefficient (Wildman–Crippen LogP) is 1.47. The van der Waals surface area contributed by atoms with Gasteiger partial charge in [0.1, 0.15) is 17.3 Å². The lowest BCUT2D eigenvalue weighted by Crippen LogP contribution is -1.98. The van der Waals surface area contributed by atoms with Crippen molar-refractivity contribution in [2.45, 2.75) is 0 Å². The molecule has 0 N–H and O–H groups in total. The van der Waals surface area contributed by atoms with Crippen LogP contribution in [0.2, 0.25) is 0 Å². The van der Waals surface area contributed by atoms with Gasteiger partial charge >= 0.3 is 0 Å². The molecule has 12 heavy (non-hydrogen) atoms. The second-order valence-corrected chi connectivity index (χ2v) is 2.26. The van der Waals surface area contributed by atoms with Gasteiger partial charge in [0.25, 0.3) is 5.24 Å². The maximum Gasteiger partial charge on any atom is 0.270 e. The van der Waals surface area contributed by atoms with Gasteiger partial charge < -0.3 is 0 Å². The lowest BCUT2D eigenvalue weighted by molar-refractivity contribution is 0.107. The predicted molar refractivity (Wildman–Crippen MR) is 39.1 cm³/mol. The highest BCUT2D eigenvalue weighted by Gasteiger charge is 2.08. The molecular formula is C7H2ClFN2O. The number of hydrogen-bond donors (Lipinski definition) is 0. The maximum atomic E-state index is 12.7. The first-order valence-corrected chi connectivity index (χ1v) is 3.29. The van der Waals surface area contributed by atoms with Crippen LogP contribution in [0.15, 0.2) is 12.1 Å². The van der Waals surface area contributed by atoms with Crippen molar-refractivity contribution in [2.24, 2.45) is 0 Å². The summed E-state index contributed by atoms with van der Waals surface area (Å²) in [4.78, 5) is 13.6. The zero-order chi connectivity index (χ0) is 9.14. The van der Waals surface area contributed by atoms with Gasteiger partial charge in [-0.25, -0.2) is 4.98 Å². The van der Waals surface area contributed by atoms with Gasteiger partial charge in [0.15, 0.2) is 0 Å². The Morgan fingerprint density at radius 1 is 1.67 bits per heavy atom. The molecular weight excluding hydrogens is 183 g/mol. The molecule has 0 spiro atoms.